The molecule has 0 atom stereocenters. The predicted octanol–water partition coefficient (Wildman–Crippen LogP) is 1.69. The molecule has 0 spiro atoms. The summed E-state index contributed by atoms with van der Waals surface area (Å²) in [5.41, 5.74) is 0. The van der Waals surface area contributed by atoms with E-state index in [4.69, 9.17) is 10.2 Å². The first-order chi connectivity index (χ1) is 4.06. The Morgan fingerprint density at radius 3 is 2.00 bits per heavy atom. The van der Waals surface area contributed by atoms with Gasteiger partial charge in [-0.05, 0) is 13.3 Å². The van der Waals surface area contributed by atoms with E-state index in [2.05, 4.69) is 6.92 Å². The molecule has 0 aliphatic carbocycles. The highest BCUT2D eigenvalue weighted by molar-refractivity contribution is 5.85. The van der Waals surface area contributed by atoms with Gasteiger partial charge in [-0.25, -0.2) is 0 Å². The SMILES string of the molecule is CCCCCC(C)(O)O.Cl. The van der Waals surface area contributed by atoms with E-state index in [1.54, 1.807) is 0 Å². The van der Waals surface area contributed by atoms with Crippen molar-refractivity contribution in [2.75, 3.05) is 0 Å². The van der Waals surface area contributed by atoms with Gasteiger partial charge in [0.25, 0.3) is 0 Å². The second-order valence-corrected chi connectivity index (χ2v) is 2.67. The molecule has 0 saturated heterocycles. The average molecular weight is 169 g/mol. The average Bonchev–Trinajstić information content (AvgIpc) is 1.63. The Labute approximate surface area is 68.7 Å². The monoisotopic (exact) mass is 168 g/mol. The highest BCUT2D eigenvalue weighted by Crippen LogP contribution is 2.09. The minimum absolute atomic E-state index is 0. The summed E-state index contributed by atoms with van der Waals surface area (Å²) in [6.45, 7) is 3.51. The first-order valence-corrected chi connectivity index (χ1v) is 3.51. The van der Waals surface area contributed by atoms with Crippen LogP contribution in [0.3, 0.4) is 0 Å². The predicted molar refractivity (Wildman–Crippen MR) is 44.2 cm³/mol. The summed E-state index contributed by atoms with van der Waals surface area (Å²) in [5.74, 6) is -1.45. The molecule has 0 heterocycles. The molecule has 0 aromatic carbocycles. The zero-order valence-corrected chi connectivity index (χ0v) is 7.45. The zero-order valence-electron chi connectivity index (χ0n) is 6.63. The number of aliphatic hydroxyl groups is 2. The van der Waals surface area contributed by atoms with E-state index in [1.165, 1.54) is 6.92 Å². The van der Waals surface area contributed by atoms with Crippen molar-refractivity contribution in [3.05, 3.63) is 0 Å². The molecule has 10 heavy (non-hydrogen) atoms. The molecule has 3 heteroatoms. The van der Waals surface area contributed by atoms with E-state index in [1.807, 2.05) is 0 Å². The molecule has 0 saturated carbocycles. The lowest BCUT2D eigenvalue weighted by molar-refractivity contribution is -0.150. The first-order valence-electron chi connectivity index (χ1n) is 3.51. The Hall–Kier alpha value is 0.210. The summed E-state index contributed by atoms with van der Waals surface area (Å²) in [5, 5.41) is 17.6. The van der Waals surface area contributed by atoms with Crippen molar-refractivity contribution in [2.45, 2.75) is 45.3 Å². The van der Waals surface area contributed by atoms with Gasteiger partial charge >= 0.3 is 0 Å². The van der Waals surface area contributed by atoms with Crippen molar-refractivity contribution in [3.63, 3.8) is 0 Å². The number of hydrogen-bond acceptors (Lipinski definition) is 2. The van der Waals surface area contributed by atoms with Crippen LogP contribution in [-0.4, -0.2) is 16.0 Å². The summed E-state index contributed by atoms with van der Waals surface area (Å²) in [6.07, 6.45) is 3.59. The summed E-state index contributed by atoms with van der Waals surface area (Å²) >= 11 is 0. The van der Waals surface area contributed by atoms with E-state index in [0.717, 1.165) is 19.3 Å². The molecule has 0 aliphatic heterocycles. The Morgan fingerprint density at radius 1 is 1.20 bits per heavy atom. The van der Waals surface area contributed by atoms with Crippen LogP contribution in [0.25, 0.3) is 0 Å². The smallest absolute Gasteiger partial charge is 0.159 e. The Bertz CT molecular complexity index is 68.5. The molecule has 0 radical (unpaired) electrons. The molecule has 0 aromatic rings. The van der Waals surface area contributed by atoms with E-state index >= 15 is 0 Å². The third-order valence-corrected chi connectivity index (χ3v) is 1.25. The first kappa shape index (κ1) is 12.8. The number of unbranched alkanes of at least 4 members (excludes halogenated alkanes) is 2. The van der Waals surface area contributed by atoms with Crippen LogP contribution in [-0.2, 0) is 0 Å². The maximum absolute atomic E-state index is 8.80. The van der Waals surface area contributed by atoms with Gasteiger partial charge in [-0.1, -0.05) is 19.8 Å². The Balaban J connectivity index is 0. The summed E-state index contributed by atoms with van der Waals surface area (Å²) in [7, 11) is 0. The van der Waals surface area contributed by atoms with E-state index < -0.39 is 5.79 Å². The molecule has 0 bridgehead atoms. The summed E-state index contributed by atoms with van der Waals surface area (Å²) < 4.78 is 0. The maximum atomic E-state index is 8.80. The van der Waals surface area contributed by atoms with Crippen molar-refractivity contribution >= 4 is 12.4 Å². The molecule has 0 aromatic heterocycles. The molecule has 64 valence electrons. The van der Waals surface area contributed by atoms with Gasteiger partial charge in [-0.3, -0.25) is 0 Å². The highest BCUT2D eigenvalue weighted by Gasteiger charge is 2.12. The van der Waals surface area contributed by atoms with E-state index in [-0.39, 0.29) is 12.4 Å². The number of rotatable bonds is 4. The molecular formula is C7H17ClO2. The van der Waals surface area contributed by atoms with Crippen molar-refractivity contribution in [3.8, 4) is 0 Å². The van der Waals surface area contributed by atoms with Gasteiger partial charge in [-0.15, -0.1) is 12.4 Å². The van der Waals surface area contributed by atoms with Crippen LogP contribution < -0.4 is 0 Å². The van der Waals surface area contributed by atoms with Gasteiger partial charge < -0.3 is 10.2 Å². The standard InChI is InChI=1S/C7H16O2.ClH/c1-3-4-5-6-7(2,8)9;/h8-9H,3-6H2,1-2H3;1H. The number of halogens is 1. The Morgan fingerprint density at radius 2 is 1.70 bits per heavy atom. The van der Waals surface area contributed by atoms with Crippen LogP contribution in [0.1, 0.15) is 39.5 Å². The fourth-order valence-corrected chi connectivity index (χ4v) is 0.710. The van der Waals surface area contributed by atoms with Gasteiger partial charge in [0.2, 0.25) is 0 Å². The van der Waals surface area contributed by atoms with Crippen LogP contribution in [0.4, 0.5) is 0 Å². The van der Waals surface area contributed by atoms with Gasteiger partial charge in [0, 0.05) is 6.42 Å². The minimum atomic E-state index is -1.45. The van der Waals surface area contributed by atoms with Gasteiger partial charge in [0.15, 0.2) is 5.79 Å². The summed E-state index contributed by atoms with van der Waals surface area (Å²) in [6, 6.07) is 0. The third kappa shape index (κ3) is 11.1. The van der Waals surface area contributed by atoms with Crippen LogP contribution in [0.15, 0.2) is 0 Å². The highest BCUT2D eigenvalue weighted by atomic mass is 35.5. The van der Waals surface area contributed by atoms with E-state index in [9.17, 15) is 0 Å². The van der Waals surface area contributed by atoms with Crippen LogP contribution in [0.2, 0.25) is 0 Å². The lowest BCUT2D eigenvalue weighted by atomic mass is 10.1. The molecule has 2 N–H and O–H groups in total. The van der Waals surface area contributed by atoms with Crippen molar-refractivity contribution in [2.24, 2.45) is 0 Å². The van der Waals surface area contributed by atoms with Gasteiger partial charge in [0.1, 0.15) is 0 Å². The quantitative estimate of drug-likeness (QED) is 0.496. The largest absolute Gasteiger partial charge is 0.366 e. The molecule has 0 fully saturated rings. The lowest BCUT2D eigenvalue weighted by Crippen LogP contribution is -2.22. The molecule has 0 aliphatic rings. The fourth-order valence-electron chi connectivity index (χ4n) is 0.710. The van der Waals surface area contributed by atoms with Crippen molar-refractivity contribution < 1.29 is 10.2 Å². The minimum Gasteiger partial charge on any atom is -0.366 e. The molecule has 0 amide bonds. The molecule has 2 nitrogen and oxygen atoms in total. The summed E-state index contributed by atoms with van der Waals surface area (Å²) in [4.78, 5) is 0. The van der Waals surface area contributed by atoms with Crippen molar-refractivity contribution in [1.82, 2.24) is 0 Å². The van der Waals surface area contributed by atoms with Crippen LogP contribution in [0.5, 0.6) is 0 Å². The zero-order chi connectivity index (χ0) is 7.33. The Kier molecular flexibility index (Phi) is 7.65. The van der Waals surface area contributed by atoms with Crippen molar-refractivity contribution in [1.29, 1.82) is 0 Å². The topological polar surface area (TPSA) is 40.5 Å². The second-order valence-electron chi connectivity index (χ2n) is 2.67. The molecular weight excluding hydrogens is 152 g/mol. The third-order valence-electron chi connectivity index (χ3n) is 1.25. The molecule has 0 rings (SSSR count). The van der Waals surface area contributed by atoms with Gasteiger partial charge in [-0.2, -0.15) is 0 Å². The van der Waals surface area contributed by atoms with E-state index in [0.29, 0.717) is 6.42 Å². The normalized spacial score (nSPS) is 10.8. The van der Waals surface area contributed by atoms with Crippen LogP contribution in [0, 0.1) is 0 Å². The fraction of sp³-hybridized carbons (Fsp3) is 1.00. The lowest BCUT2D eigenvalue weighted by Gasteiger charge is -2.14. The second kappa shape index (κ2) is 5.96. The number of hydrogen-bond donors (Lipinski definition) is 2. The van der Waals surface area contributed by atoms with Crippen LogP contribution >= 0.6 is 12.4 Å². The maximum Gasteiger partial charge on any atom is 0.159 e. The van der Waals surface area contributed by atoms with Gasteiger partial charge in [0.05, 0.1) is 0 Å². The molecule has 0 unspecified atom stereocenters.